The van der Waals surface area contributed by atoms with Crippen LogP contribution in [0.15, 0.2) is 30.5 Å². The second-order valence-electron chi connectivity index (χ2n) is 9.63. The molecule has 0 saturated carbocycles. The Morgan fingerprint density at radius 3 is 1.88 bits per heavy atom. The van der Waals surface area contributed by atoms with Gasteiger partial charge in [-0.15, -0.1) is 0 Å². The van der Waals surface area contributed by atoms with Gasteiger partial charge in [0, 0.05) is 42.8 Å². The Balaban J connectivity index is 2.30. The second kappa shape index (κ2) is 15.7. The maximum Gasteiger partial charge on any atom is 0.326 e. The number of nitrogens with two attached hydrogens (primary N) is 3. The van der Waals surface area contributed by atoms with E-state index in [0.717, 1.165) is 10.9 Å². The van der Waals surface area contributed by atoms with E-state index >= 15 is 0 Å². The number of primary amides is 2. The minimum atomic E-state index is -1.52. The van der Waals surface area contributed by atoms with Gasteiger partial charge in [-0.1, -0.05) is 18.2 Å². The van der Waals surface area contributed by atoms with E-state index < -0.39 is 65.6 Å². The van der Waals surface area contributed by atoms with Crippen LogP contribution >= 0.6 is 0 Å². The molecule has 12 N–H and O–H groups in total. The molecule has 0 bridgehead atoms. The number of aromatic amines is 1. The van der Waals surface area contributed by atoms with Crippen molar-refractivity contribution in [1.82, 2.24) is 20.9 Å². The van der Waals surface area contributed by atoms with Crippen LogP contribution in [-0.2, 0) is 40.0 Å². The number of hydrogen-bond donors (Lipinski definition) is 9. The summed E-state index contributed by atoms with van der Waals surface area (Å²) in [4.78, 5) is 87.4. The summed E-state index contributed by atoms with van der Waals surface area (Å²) in [6.45, 7) is 0. The quantitative estimate of drug-likeness (QED) is 0.0918. The van der Waals surface area contributed by atoms with Gasteiger partial charge in [0.2, 0.25) is 29.5 Å². The first-order valence-electron chi connectivity index (χ1n) is 13.0. The fourth-order valence-electron chi connectivity index (χ4n) is 4.06. The number of carbonyl (C=O) groups is 7. The third-order valence-corrected chi connectivity index (χ3v) is 6.34. The Kier molecular flexibility index (Phi) is 12.4. The molecule has 0 radical (unpaired) electrons. The summed E-state index contributed by atoms with van der Waals surface area (Å²) < 4.78 is 0. The number of amides is 5. The number of aliphatic carboxylic acids is 2. The molecule has 5 amide bonds. The van der Waals surface area contributed by atoms with Crippen molar-refractivity contribution in [3.8, 4) is 0 Å². The largest absolute Gasteiger partial charge is 0.481 e. The van der Waals surface area contributed by atoms with Crippen molar-refractivity contribution in [2.24, 2.45) is 17.2 Å². The van der Waals surface area contributed by atoms with E-state index in [1.54, 1.807) is 30.5 Å². The standard InChI is InChI=1S/C26H35N7O9/c27-15(5-10-22(36)37)23(38)33-19(11-13-12-30-16-4-2-1-3-14(13)16)25(40)31-17(6-8-20(28)34)24(39)32-18(26(41)42)7-9-21(29)35/h1-4,12,15,17-19,30H,5-11,27H2,(H2,28,34)(H2,29,35)(H,31,40)(H,32,39)(H,33,38)(H,36,37)(H,41,42). The molecule has 228 valence electrons. The van der Waals surface area contributed by atoms with E-state index in [1.165, 1.54) is 0 Å². The number of H-pyrrole nitrogens is 1. The lowest BCUT2D eigenvalue weighted by Gasteiger charge is -2.25. The summed E-state index contributed by atoms with van der Waals surface area (Å²) in [5, 5.41) is 26.2. The first-order chi connectivity index (χ1) is 19.8. The van der Waals surface area contributed by atoms with Crippen LogP contribution in [0, 0.1) is 0 Å². The zero-order chi connectivity index (χ0) is 31.4. The van der Waals surface area contributed by atoms with Gasteiger partial charge in [-0.3, -0.25) is 28.8 Å². The SMILES string of the molecule is NC(=O)CCC(NC(=O)C(CCC(N)=O)NC(=O)C(Cc1c[nH]c2ccccc12)NC(=O)C(N)CCC(=O)O)C(=O)O. The fraction of sp³-hybridized carbons (Fsp3) is 0.423. The molecule has 2 aromatic rings. The van der Waals surface area contributed by atoms with Crippen LogP contribution < -0.4 is 33.2 Å². The topological polar surface area (TPSA) is 290 Å². The van der Waals surface area contributed by atoms with Gasteiger partial charge in [0.15, 0.2) is 0 Å². The van der Waals surface area contributed by atoms with Gasteiger partial charge >= 0.3 is 11.9 Å². The summed E-state index contributed by atoms with van der Waals surface area (Å²) in [5.41, 5.74) is 17.5. The lowest BCUT2D eigenvalue weighted by Crippen LogP contribution is -2.57. The summed E-state index contributed by atoms with van der Waals surface area (Å²) in [6.07, 6.45) is -0.338. The summed E-state index contributed by atoms with van der Waals surface area (Å²) >= 11 is 0. The van der Waals surface area contributed by atoms with Gasteiger partial charge < -0.3 is 48.3 Å². The van der Waals surface area contributed by atoms with Crippen LogP contribution in [0.5, 0.6) is 0 Å². The number of fused-ring (bicyclic) bond motifs is 1. The van der Waals surface area contributed by atoms with Gasteiger partial charge in [-0.2, -0.15) is 0 Å². The molecule has 4 unspecified atom stereocenters. The Morgan fingerprint density at radius 1 is 0.738 bits per heavy atom. The van der Waals surface area contributed by atoms with Crippen molar-refractivity contribution in [1.29, 1.82) is 0 Å². The van der Waals surface area contributed by atoms with Crippen molar-refractivity contribution >= 4 is 52.4 Å². The van der Waals surface area contributed by atoms with Crippen LogP contribution in [0.1, 0.15) is 44.1 Å². The Morgan fingerprint density at radius 2 is 1.29 bits per heavy atom. The summed E-state index contributed by atoms with van der Waals surface area (Å²) in [7, 11) is 0. The highest BCUT2D eigenvalue weighted by Crippen LogP contribution is 2.19. The van der Waals surface area contributed by atoms with E-state index in [-0.39, 0.29) is 44.9 Å². The molecule has 42 heavy (non-hydrogen) atoms. The monoisotopic (exact) mass is 589 g/mol. The van der Waals surface area contributed by atoms with Crippen LogP contribution in [0.4, 0.5) is 0 Å². The van der Waals surface area contributed by atoms with Crippen molar-refractivity contribution < 1.29 is 43.8 Å². The molecule has 1 heterocycles. The molecule has 1 aromatic carbocycles. The number of nitrogens with one attached hydrogen (secondary N) is 4. The average molecular weight is 590 g/mol. The zero-order valence-corrected chi connectivity index (χ0v) is 22.6. The first kappa shape index (κ1) is 33.2. The molecule has 0 aliphatic heterocycles. The average Bonchev–Trinajstić information content (AvgIpc) is 3.33. The zero-order valence-electron chi connectivity index (χ0n) is 22.6. The van der Waals surface area contributed by atoms with Crippen molar-refractivity contribution in [3.63, 3.8) is 0 Å². The Hall–Kier alpha value is -4.99. The van der Waals surface area contributed by atoms with Gasteiger partial charge in [0.25, 0.3) is 0 Å². The number of carboxylic acids is 2. The van der Waals surface area contributed by atoms with Crippen molar-refractivity contribution in [2.45, 2.75) is 69.1 Å². The van der Waals surface area contributed by atoms with Gasteiger partial charge in [0.1, 0.15) is 18.1 Å². The Bertz CT molecular complexity index is 1330. The molecule has 0 aliphatic carbocycles. The second-order valence-corrected chi connectivity index (χ2v) is 9.63. The number of para-hydroxylation sites is 1. The third kappa shape index (κ3) is 10.5. The highest BCUT2D eigenvalue weighted by atomic mass is 16.4. The van der Waals surface area contributed by atoms with Gasteiger partial charge in [-0.25, -0.2) is 4.79 Å². The van der Waals surface area contributed by atoms with Crippen LogP contribution in [0.3, 0.4) is 0 Å². The van der Waals surface area contributed by atoms with E-state index in [1.807, 2.05) is 0 Å². The molecular weight excluding hydrogens is 554 g/mol. The lowest BCUT2D eigenvalue weighted by molar-refractivity contribution is -0.143. The molecule has 16 nitrogen and oxygen atoms in total. The van der Waals surface area contributed by atoms with Crippen molar-refractivity contribution in [3.05, 3.63) is 36.0 Å². The number of benzene rings is 1. The molecule has 0 saturated heterocycles. The minimum Gasteiger partial charge on any atom is -0.481 e. The van der Waals surface area contributed by atoms with E-state index in [0.29, 0.717) is 5.56 Å². The number of carbonyl (C=O) groups excluding carboxylic acids is 5. The number of hydrogen-bond acceptors (Lipinski definition) is 8. The predicted octanol–water partition coefficient (Wildman–Crippen LogP) is -2.03. The van der Waals surface area contributed by atoms with Gasteiger partial charge in [-0.05, 0) is 30.9 Å². The summed E-state index contributed by atoms with van der Waals surface area (Å²) in [5.74, 6) is -6.85. The smallest absolute Gasteiger partial charge is 0.326 e. The number of carboxylic acid groups (broad SMARTS) is 2. The molecule has 0 spiro atoms. The van der Waals surface area contributed by atoms with Gasteiger partial charge in [0.05, 0.1) is 6.04 Å². The van der Waals surface area contributed by atoms with E-state index in [4.69, 9.17) is 22.3 Å². The Labute approximate surface area is 239 Å². The lowest BCUT2D eigenvalue weighted by atomic mass is 10.0. The fourth-order valence-corrected chi connectivity index (χ4v) is 4.06. The molecule has 16 heteroatoms. The molecule has 4 atom stereocenters. The molecule has 1 aromatic heterocycles. The highest BCUT2D eigenvalue weighted by molar-refractivity contribution is 5.95. The normalized spacial score (nSPS) is 13.7. The van der Waals surface area contributed by atoms with Crippen LogP contribution in [0.2, 0.25) is 0 Å². The van der Waals surface area contributed by atoms with E-state index in [9.17, 15) is 38.7 Å². The number of rotatable bonds is 18. The maximum atomic E-state index is 13.5. The first-order valence-corrected chi connectivity index (χ1v) is 13.0. The molecule has 2 rings (SSSR count). The van der Waals surface area contributed by atoms with Crippen LogP contribution in [0.25, 0.3) is 10.9 Å². The molecule has 0 aliphatic rings. The third-order valence-electron chi connectivity index (χ3n) is 6.34. The van der Waals surface area contributed by atoms with E-state index in [2.05, 4.69) is 20.9 Å². The molecular formula is C26H35N7O9. The van der Waals surface area contributed by atoms with Crippen molar-refractivity contribution in [2.75, 3.05) is 0 Å². The maximum absolute atomic E-state index is 13.5. The minimum absolute atomic E-state index is 0.0756. The van der Waals surface area contributed by atoms with Crippen LogP contribution in [-0.4, -0.2) is 80.8 Å². The predicted molar refractivity (Wildman–Crippen MR) is 147 cm³/mol. The molecule has 0 fully saturated rings. The number of aromatic nitrogens is 1. The highest BCUT2D eigenvalue weighted by Gasteiger charge is 2.31. The summed E-state index contributed by atoms with van der Waals surface area (Å²) in [6, 6.07) is 1.61.